The van der Waals surface area contributed by atoms with Crippen LogP contribution in [0.25, 0.3) is 0 Å². The van der Waals surface area contributed by atoms with Crippen LogP contribution in [-0.2, 0) is 0 Å². The highest BCUT2D eigenvalue weighted by atomic mass is 14.6. The smallest absolute Gasteiger partial charge is 0.0108 e. The van der Waals surface area contributed by atoms with Crippen molar-refractivity contribution in [2.75, 3.05) is 0 Å². The van der Waals surface area contributed by atoms with Crippen molar-refractivity contribution in [1.29, 1.82) is 0 Å². The largest absolute Gasteiger partial charge is 0.327 e. The minimum atomic E-state index is 0.318. The van der Waals surface area contributed by atoms with Gasteiger partial charge in [-0.1, -0.05) is 82.7 Å². The maximum atomic E-state index is 6.40. The molecule has 1 aromatic carbocycles. The van der Waals surface area contributed by atoms with Crippen LogP contribution in [0.4, 0.5) is 0 Å². The zero-order valence-corrected chi connectivity index (χ0v) is 12.8. The number of benzene rings is 1. The molecule has 0 aliphatic rings. The zero-order chi connectivity index (χ0) is 13.9. The molecule has 0 aliphatic heterocycles. The van der Waals surface area contributed by atoms with E-state index >= 15 is 0 Å². The molecule has 108 valence electrons. The van der Waals surface area contributed by atoms with E-state index in [1.54, 1.807) is 0 Å². The Labute approximate surface area is 119 Å². The molecule has 0 heterocycles. The molecule has 0 aliphatic carbocycles. The average molecular weight is 261 g/mol. The highest BCUT2D eigenvalue weighted by molar-refractivity contribution is 5.20. The van der Waals surface area contributed by atoms with Gasteiger partial charge in [0.15, 0.2) is 0 Å². The van der Waals surface area contributed by atoms with E-state index in [0.29, 0.717) is 12.0 Å². The van der Waals surface area contributed by atoms with Crippen LogP contribution in [0.3, 0.4) is 0 Å². The molecular weight excluding hydrogens is 230 g/mol. The lowest BCUT2D eigenvalue weighted by Crippen LogP contribution is -2.28. The fraction of sp³-hybridized carbons (Fsp3) is 0.667. The normalized spacial score (nSPS) is 14.3. The molecular formula is C18H31N. The van der Waals surface area contributed by atoms with Crippen molar-refractivity contribution in [3.63, 3.8) is 0 Å². The number of nitrogens with two attached hydrogens (primary N) is 1. The molecule has 2 atom stereocenters. The van der Waals surface area contributed by atoms with Crippen LogP contribution in [0.2, 0.25) is 0 Å². The van der Waals surface area contributed by atoms with Gasteiger partial charge in [-0.15, -0.1) is 0 Å². The summed E-state index contributed by atoms with van der Waals surface area (Å²) in [4.78, 5) is 0. The highest BCUT2D eigenvalue weighted by Gasteiger charge is 2.17. The van der Waals surface area contributed by atoms with Crippen LogP contribution in [0.15, 0.2) is 30.3 Å². The molecule has 1 heteroatoms. The van der Waals surface area contributed by atoms with Crippen molar-refractivity contribution in [3.8, 4) is 0 Å². The molecule has 0 saturated carbocycles. The number of rotatable bonds is 10. The molecule has 19 heavy (non-hydrogen) atoms. The molecule has 0 aromatic heterocycles. The van der Waals surface area contributed by atoms with Gasteiger partial charge >= 0.3 is 0 Å². The summed E-state index contributed by atoms with van der Waals surface area (Å²) in [6.07, 6.45) is 10.4. The average Bonchev–Trinajstić information content (AvgIpc) is 2.45. The van der Waals surface area contributed by atoms with Crippen molar-refractivity contribution in [1.82, 2.24) is 0 Å². The molecule has 0 fully saturated rings. The van der Waals surface area contributed by atoms with Crippen molar-refractivity contribution < 1.29 is 0 Å². The molecule has 1 nitrogen and oxygen atoms in total. The van der Waals surface area contributed by atoms with E-state index < -0.39 is 0 Å². The number of hydrogen-bond acceptors (Lipinski definition) is 1. The summed E-state index contributed by atoms with van der Waals surface area (Å²) in [5.74, 6) is 0.525. The van der Waals surface area contributed by atoms with Gasteiger partial charge < -0.3 is 5.73 Å². The minimum Gasteiger partial charge on any atom is -0.327 e. The second kappa shape index (κ2) is 10.0. The van der Waals surface area contributed by atoms with Gasteiger partial charge in [0.25, 0.3) is 0 Å². The van der Waals surface area contributed by atoms with Gasteiger partial charge in [-0.05, 0) is 24.3 Å². The lowest BCUT2D eigenvalue weighted by Gasteiger charge is -2.23. The van der Waals surface area contributed by atoms with Gasteiger partial charge in [-0.25, -0.2) is 0 Å². The molecule has 0 saturated heterocycles. The van der Waals surface area contributed by atoms with Crippen LogP contribution in [-0.4, -0.2) is 6.04 Å². The Morgan fingerprint density at radius 1 is 0.895 bits per heavy atom. The Morgan fingerprint density at radius 3 is 2.16 bits per heavy atom. The molecule has 0 radical (unpaired) electrons. The van der Waals surface area contributed by atoms with E-state index in [4.69, 9.17) is 5.73 Å². The molecule has 1 aromatic rings. The van der Waals surface area contributed by atoms with E-state index in [1.807, 2.05) is 0 Å². The summed E-state index contributed by atoms with van der Waals surface area (Å²) in [5, 5.41) is 0. The van der Waals surface area contributed by atoms with Crippen LogP contribution < -0.4 is 5.73 Å². The van der Waals surface area contributed by atoms with Crippen LogP contribution in [0.1, 0.15) is 76.7 Å². The summed E-state index contributed by atoms with van der Waals surface area (Å²) >= 11 is 0. The lowest BCUT2D eigenvalue weighted by atomic mass is 9.87. The van der Waals surface area contributed by atoms with E-state index in [0.717, 1.165) is 6.42 Å². The van der Waals surface area contributed by atoms with Crippen LogP contribution >= 0.6 is 0 Å². The summed E-state index contributed by atoms with van der Waals surface area (Å²) in [6, 6.07) is 11.1. The third-order valence-corrected chi connectivity index (χ3v) is 4.08. The molecule has 1 rings (SSSR count). The number of hydrogen-bond donors (Lipinski definition) is 1. The molecule has 0 bridgehead atoms. The second-order valence-electron chi connectivity index (χ2n) is 5.65. The molecule has 0 amide bonds. The fourth-order valence-corrected chi connectivity index (χ4v) is 2.85. The van der Waals surface area contributed by atoms with E-state index in [2.05, 4.69) is 44.2 Å². The maximum absolute atomic E-state index is 6.40. The first-order valence-corrected chi connectivity index (χ1v) is 8.10. The van der Waals surface area contributed by atoms with Crippen molar-refractivity contribution in [2.24, 2.45) is 5.73 Å². The van der Waals surface area contributed by atoms with Crippen LogP contribution in [0.5, 0.6) is 0 Å². The Hall–Kier alpha value is -0.820. The van der Waals surface area contributed by atoms with Crippen molar-refractivity contribution in [2.45, 2.75) is 77.2 Å². The molecule has 0 spiro atoms. The summed E-state index contributed by atoms with van der Waals surface area (Å²) in [7, 11) is 0. The van der Waals surface area contributed by atoms with Gasteiger partial charge in [0, 0.05) is 6.04 Å². The first-order chi connectivity index (χ1) is 9.29. The standard InChI is InChI=1S/C18H31N/c1-3-5-6-7-8-12-15-18(19)17(4-2)16-13-10-9-11-14-16/h9-11,13-14,17-18H,3-8,12,15,19H2,1-2H3. The molecule has 2 unspecified atom stereocenters. The van der Waals surface area contributed by atoms with Gasteiger partial charge in [-0.3, -0.25) is 0 Å². The monoisotopic (exact) mass is 261 g/mol. The topological polar surface area (TPSA) is 26.0 Å². The maximum Gasteiger partial charge on any atom is 0.0108 e. The minimum absolute atomic E-state index is 0.318. The summed E-state index contributed by atoms with van der Waals surface area (Å²) < 4.78 is 0. The van der Waals surface area contributed by atoms with E-state index in [1.165, 1.54) is 50.5 Å². The SMILES string of the molecule is CCCCCCCCC(N)C(CC)c1ccccc1. The summed E-state index contributed by atoms with van der Waals surface area (Å²) in [6.45, 7) is 4.51. The highest BCUT2D eigenvalue weighted by Crippen LogP contribution is 2.25. The van der Waals surface area contributed by atoms with Crippen LogP contribution in [0, 0.1) is 0 Å². The van der Waals surface area contributed by atoms with E-state index in [9.17, 15) is 0 Å². The first-order valence-electron chi connectivity index (χ1n) is 8.10. The predicted molar refractivity (Wildman–Crippen MR) is 85.4 cm³/mol. The zero-order valence-electron chi connectivity index (χ0n) is 12.8. The first kappa shape index (κ1) is 16.2. The lowest BCUT2D eigenvalue weighted by molar-refractivity contribution is 0.459. The Balaban J connectivity index is 2.28. The second-order valence-corrected chi connectivity index (χ2v) is 5.65. The van der Waals surface area contributed by atoms with E-state index in [-0.39, 0.29) is 0 Å². The van der Waals surface area contributed by atoms with Gasteiger partial charge in [0.2, 0.25) is 0 Å². The van der Waals surface area contributed by atoms with Gasteiger partial charge in [0.05, 0.1) is 0 Å². The quantitative estimate of drug-likeness (QED) is 0.571. The summed E-state index contributed by atoms with van der Waals surface area (Å²) in [5.41, 5.74) is 7.81. The third kappa shape index (κ3) is 6.24. The Bertz CT molecular complexity index is 307. The van der Waals surface area contributed by atoms with Crippen molar-refractivity contribution >= 4 is 0 Å². The third-order valence-electron chi connectivity index (χ3n) is 4.08. The Kier molecular flexibility index (Phi) is 8.57. The van der Waals surface area contributed by atoms with Gasteiger partial charge in [0.1, 0.15) is 0 Å². The predicted octanol–water partition coefficient (Wildman–Crippen LogP) is 5.26. The Morgan fingerprint density at radius 2 is 1.53 bits per heavy atom. The number of unbranched alkanes of at least 4 members (excludes halogenated alkanes) is 5. The van der Waals surface area contributed by atoms with Crippen molar-refractivity contribution in [3.05, 3.63) is 35.9 Å². The van der Waals surface area contributed by atoms with Gasteiger partial charge in [-0.2, -0.15) is 0 Å². The molecule has 2 N–H and O–H groups in total. The fourth-order valence-electron chi connectivity index (χ4n) is 2.85.